The predicted octanol–water partition coefficient (Wildman–Crippen LogP) is 4.97. The monoisotopic (exact) mass is 378 g/mol. The Bertz CT molecular complexity index is 837. The first-order chi connectivity index (χ1) is 13.4. The van der Waals surface area contributed by atoms with E-state index in [0.717, 1.165) is 24.8 Å². The second-order valence-corrected chi connectivity index (χ2v) is 8.32. The number of aromatic nitrogens is 2. The molecular weight excluding hydrogens is 348 g/mol. The van der Waals surface area contributed by atoms with Crippen molar-refractivity contribution >= 4 is 11.7 Å². The molecule has 0 saturated heterocycles. The van der Waals surface area contributed by atoms with Gasteiger partial charge in [0.1, 0.15) is 11.5 Å². The lowest BCUT2D eigenvalue weighted by Crippen LogP contribution is -2.29. The van der Waals surface area contributed by atoms with Crippen LogP contribution in [0.15, 0.2) is 48.0 Å². The number of carbonyl (C=O) groups is 1. The molecule has 0 spiro atoms. The Morgan fingerprint density at radius 3 is 2.57 bits per heavy atom. The van der Waals surface area contributed by atoms with Crippen molar-refractivity contribution in [1.29, 1.82) is 0 Å². The van der Waals surface area contributed by atoms with Crippen molar-refractivity contribution in [3.8, 4) is 11.4 Å². The summed E-state index contributed by atoms with van der Waals surface area (Å²) in [4.78, 5) is 21.9. The number of allylic oxidation sites excluding steroid dienone is 1. The quantitative estimate of drug-likeness (QED) is 0.696. The van der Waals surface area contributed by atoms with Gasteiger partial charge in [0.25, 0.3) is 5.91 Å². The van der Waals surface area contributed by atoms with Gasteiger partial charge in [-0.25, -0.2) is 9.97 Å². The van der Waals surface area contributed by atoms with Crippen LogP contribution in [0.25, 0.3) is 11.4 Å². The zero-order valence-electron chi connectivity index (χ0n) is 17.1. The smallest absolute Gasteiger partial charge is 0.270 e. The van der Waals surface area contributed by atoms with Gasteiger partial charge in [-0.05, 0) is 52.9 Å². The largest absolute Gasteiger partial charge is 0.365 e. The van der Waals surface area contributed by atoms with Crippen LogP contribution in [-0.2, 0) is 0 Å². The van der Waals surface area contributed by atoms with E-state index in [1.165, 1.54) is 18.4 Å². The molecular formula is C23H30N4O. The number of rotatable bonds is 6. The number of hydrogen-bond donors (Lipinski definition) is 2. The fraction of sp³-hybridized carbons (Fsp3) is 0.435. The molecule has 0 unspecified atom stereocenters. The molecule has 1 amide bonds. The SMILES string of the molecule is CC(C)(C)Nc1cc(C(=O)NCCC2=CCCCC2)nc(-c2ccccc2)n1. The molecule has 0 fully saturated rings. The average molecular weight is 379 g/mol. The minimum absolute atomic E-state index is 0.159. The van der Waals surface area contributed by atoms with E-state index in [2.05, 4.69) is 47.4 Å². The highest BCUT2D eigenvalue weighted by Gasteiger charge is 2.16. The van der Waals surface area contributed by atoms with Gasteiger partial charge >= 0.3 is 0 Å². The lowest BCUT2D eigenvalue weighted by atomic mass is 9.97. The zero-order chi connectivity index (χ0) is 20.0. The first kappa shape index (κ1) is 20.1. The summed E-state index contributed by atoms with van der Waals surface area (Å²) in [5.41, 5.74) is 2.57. The first-order valence-electron chi connectivity index (χ1n) is 10.1. The van der Waals surface area contributed by atoms with Gasteiger partial charge in [0.15, 0.2) is 5.82 Å². The Labute approximate surface area is 167 Å². The number of hydrogen-bond acceptors (Lipinski definition) is 4. The van der Waals surface area contributed by atoms with Crippen molar-refractivity contribution in [1.82, 2.24) is 15.3 Å². The highest BCUT2D eigenvalue weighted by Crippen LogP contribution is 2.21. The molecule has 2 aromatic rings. The molecule has 1 aliphatic carbocycles. The van der Waals surface area contributed by atoms with Crippen LogP contribution >= 0.6 is 0 Å². The number of anilines is 1. The number of amides is 1. The van der Waals surface area contributed by atoms with Gasteiger partial charge in [-0.3, -0.25) is 4.79 Å². The summed E-state index contributed by atoms with van der Waals surface area (Å²) >= 11 is 0. The third kappa shape index (κ3) is 5.91. The summed E-state index contributed by atoms with van der Waals surface area (Å²) < 4.78 is 0. The molecule has 0 atom stereocenters. The van der Waals surface area contributed by atoms with Gasteiger partial charge in [-0.2, -0.15) is 0 Å². The molecule has 1 aromatic carbocycles. The number of nitrogens with zero attached hydrogens (tertiary/aromatic N) is 2. The normalized spacial score (nSPS) is 14.3. The topological polar surface area (TPSA) is 66.9 Å². The lowest BCUT2D eigenvalue weighted by Gasteiger charge is -2.22. The Kier molecular flexibility index (Phi) is 6.45. The van der Waals surface area contributed by atoms with E-state index in [1.54, 1.807) is 6.07 Å². The third-order valence-electron chi connectivity index (χ3n) is 4.61. The zero-order valence-corrected chi connectivity index (χ0v) is 17.1. The highest BCUT2D eigenvalue weighted by atomic mass is 16.1. The molecule has 2 N–H and O–H groups in total. The third-order valence-corrected chi connectivity index (χ3v) is 4.61. The fourth-order valence-corrected chi connectivity index (χ4v) is 3.29. The van der Waals surface area contributed by atoms with Crippen LogP contribution in [0, 0.1) is 0 Å². The second kappa shape index (κ2) is 9.00. The molecule has 3 rings (SSSR count). The molecule has 0 radical (unpaired) electrons. The van der Waals surface area contributed by atoms with E-state index in [4.69, 9.17) is 0 Å². The fourth-order valence-electron chi connectivity index (χ4n) is 3.29. The molecule has 28 heavy (non-hydrogen) atoms. The molecule has 0 saturated carbocycles. The standard InChI is InChI=1S/C23H30N4O/c1-23(2,3)27-20-16-19(25-21(26-20)18-12-8-5-9-13-18)22(28)24-15-14-17-10-6-4-7-11-17/h5,8-10,12-13,16H,4,6-7,11,14-15H2,1-3H3,(H,24,28)(H,25,26,27). The number of benzene rings is 1. The van der Waals surface area contributed by atoms with E-state index in [0.29, 0.717) is 23.9 Å². The van der Waals surface area contributed by atoms with Crippen molar-refractivity contribution in [3.63, 3.8) is 0 Å². The van der Waals surface area contributed by atoms with Gasteiger partial charge in [0.05, 0.1) is 0 Å². The van der Waals surface area contributed by atoms with Gasteiger partial charge in [-0.15, -0.1) is 0 Å². The van der Waals surface area contributed by atoms with Gasteiger partial charge in [0, 0.05) is 23.7 Å². The Morgan fingerprint density at radius 1 is 1.11 bits per heavy atom. The molecule has 5 heteroatoms. The highest BCUT2D eigenvalue weighted by molar-refractivity contribution is 5.93. The molecule has 0 bridgehead atoms. The molecule has 5 nitrogen and oxygen atoms in total. The summed E-state index contributed by atoms with van der Waals surface area (Å²) in [5, 5.41) is 6.37. The van der Waals surface area contributed by atoms with Crippen LogP contribution in [0.3, 0.4) is 0 Å². The number of nitrogens with one attached hydrogen (secondary N) is 2. The van der Waals surface area contributed by atoms with E-state index in [9.17, 15) is 4.79 Å². The molecule has 0 aliphatic heterocycles. The van der Waals surface area contributed by atoms with E-state index in [1.807, 2.05) is 30.3 Å². The molecule has 148 valence electrons. The maximum Gasteiger partial charge on any atom is 0.270 e. The Hall–Kier alpha value is -2.69. The summed E-state index contributed by atoms with van der Waals surface area (Å²) in [6, 6.07) is 11.5. The molecule has 1 aliphatic rings. The van der Waals surface area contributed by atoms with E-state index >= 15 is 0 Å². The van der Waals surface area contributed by atoms with E-state index < -0.39 is 0 Å². The van der Waals surface area contributed by atoms with Crippen molar-refractivity contribution in [2.75, 3.05) is 11.9 Å². The maximum absolute atomic E-state index is 12.7. The minimum Gasteiger partial charge on any atom is -0.365 e. The van der Waals surface area contributed by atoms with Crippen LogP contribution in [0.2, 0.25) is 0 Å². The van der Waals surface area contributed by atoms with Crippen LogP contribution in [0.5, 0.6) is 0 Å². The second-order valence-electron chi connectivity index (χ2n) is 8.32. The summed E-state index contributed by atoms with van der Waals surface area (Å²) in [7, 11) is 0. The van der Waals surface area contributed by atoms with Crippen LogP contribution in [0.4, 0.5) is 5.82 Å². The minimum atomic E-state index is -0.163. The van der Waals surface area contributed by atoms with Gasteiger partial charge in [0.2, 0.25) is 0 Å². The Morgan fingerprint density at radius 2 is 1.89 bits per heavy atom. The van der Waals surface area contributed by atoms with Gasteiger partial charge < -0.3 is 10.6 Å². The summed E-state index contributed by atoms with van der Waals surface area (Å²) in [5.74, 6) is 1.05. The number of carbonyl (C=O) groups excluding carboxylic acids is 1. The summed E-state index contributed by atoms with van der Waals surface area (Å²) in [6.45, 7) is 6.83. The van der Waals surface area contributed by atoms with E-state index in [-0.39, 0.29) is 11.4 Å². The molecule has 1 heterocycles. The maximum atomic E-state index is 12.7. The van der Waals surface area contributed by atoms with Crippen LogP contribution < -0.4 is 10.6 Å². The van der Waals surface area contributed by atoms with Crippen molar-refractivity contribution in [3.05, 3.63) is 53.7 Å². The van der Waals surface area contributed by atoms with Crippen molar-refractivity contribution in [2.24, 2.45) is 0 Å². The predicted molar refractivity (Wildman–Crippen MR) is 114 cm³/mol. The molecule has 1 aromatic heterocycles. The van der Waals surface area contributed by atoms with Crippen molar-refractivity contribution < 1.29 is 4.79 Å². The summed E-state index contributed by atoms with van der Waals surface area (Å²) in [6.07, 6.45) is 8.09. The Balaban J connectivity index is 1.77. The average Bonchev–Trinajstić information content (AvgIpc) is 2.68. The lowest BCUT2D eigenvalue weighted by molar-refractivity contribution is 0.0949. The van der Waals surface area contributed by atoms with Crippen LogP contribution in [0.1, 0.15) is 63.4 Å². The first-order valence-corrected chi connectivity index (χ1v) is 10.1. The van der Waals surface area contributed by atoms with Crippen molar-refractivity contribution in [2.45, 2.75) is 58.4 Å². The van der Waals surface area contributed by atoms with Crippen LogP contribution in [-0.4, -0.2) is 28.0 Å². The van der Waals surface area contributed by atoms with Gasteiger partial charge in [-0.1, -0.05) is 42.0 Å².